The molecule has 66 valence electrons. The minimum Gasteiger partial charge on any atom is -0.382 e. The number of ketones is 1. The van der Waals surface area contributed by atoms with Gasteiger partial charge in [0.2, 0.25) is 0 Å². The van der Waals surface area contributed by atoms with Gasteiger partial charge in [0.15, 0.2) is 0 Å². The molecule has 0 aromatic heterocycles. The topological polar surface area (TPSA) is 26.3 Å². The van der Waals surface area contributed by atoms with E-state index in [4.69, 9.17) is 4.74 Å². The van der Waals surface area contributed by atoms with E-state index in [1.165, 1.54) is 0 Å². The maximum Gasteiger partial charge on any atom is 0.132 e. The molecule has 2 nitrogen and oxygen atoms in total. The first-order chi connectivity index (χ1) is 5.11. The lowest BCUT2D eigenvalue weighted by Gasteiger charge is -2.15. The minimum absolute atomic E-state index is 0.185. The van der Waals surface area contributed by atoms with Crippen molar-refractivity contribution in [3.8, 4) is 0 Å². The molecule has 0 bridgehead atoms. The summed E-state index contributed by atoms with van der Waals surface area (Å²) in [5.74, 6) is 0.460. The summed E-state index contributed by atoms with van der Waals surface area (Å²) >= 11 is 0. The van der Waals surface area contributed by atoms with Crippen LogP contribution in [-0.4, -0.2) is 19.0 Å². The number of hydrogen-bond acceptors (Lipinski definition) is 2. The number of Topliss-reactive ketones (excluding diaryl/α,β-unsaturated/α-hetero) is 1. The Kier molecular flexibility index (Phi) is 5.12. The first kappa shape index (κ1) is 10.6. The number of rotatable bonds is 5. The van der Waals surface area contributed by atoms with Gasteiger partial charge in [0.1, 0.15) is 5.78 Å². The van der Waals surface area contributed by atoms with Gasteiger partial charge in [0, 0.05) is 13.0 Å². The molecular weight excluding hydrogens is 140 g/mol. The quantitative estimate of drug-likeness (QED) is 0.612. The van der Waals surface area contributed by atoms with Crippen LogP contribution < -0.4 is 0 Å². The third kappa shape index (κ3) is 4.14. The van der Waals surface area contributed by atoms with Gasteiger partial charge in [-0.05, 0) is 26.7 Å². The predicted octanol–water partition coefficient (Wildman–Crippen LogP) is 2.03. The van der Waals surface area contributed by atoms with E-state index in [2.05, 4.69) is 0 Å². The van der Waals surface area contributed by atoms with Crippen molar-refractivity contribution in [1.29, 1.82) is 0 Å². The summed E-state index contributed by atoms with van der Waals surface area (Å²) in [6, 6.07) is 0. The first-order valence-corrected chi connectivity index (χ1v) is 4.15. The third-order valence-electron chi connectivity index (χ3n) is 2.09. The molecule has 2 heteroatoms. The largest absolute Gasteiger partial charge is 0.382 e. The van der Waals surface area contributed by atoms with Crippen LogP contribution >= 0.6 is 0 Å². The van der Waals surface area contributed by atoms with Crippen LogP contribution in [0.1, 0.15) is 33.6 Å². The normalized spacial score (nSPS) is 16.0. The van der Waals surface area contributed by atoms with Gasteiger partial charge in [-0.2, -0.15) is 0 Å². The zero-order valence-electron chi connectivity index (χ0n) is 7.89. The monoisotopic (exact) mass is 158 g/mol. The average molecular weight is 158 g/mol. The second-order valence-corrected chi connectivity index (χ2v) is 3.00. The molecule has 0 N–H and O–H groups in total. The van der Waals surface area contributed by atoms with Gasteiger partial charge in [0.05, 0.1) is 6.10 Å². The van der Waals surface area contributed by atoms with Crippen LogP contribution in [-0.2, 0) is 9.53 Å². The van der Waals surface area contributed by atoms with Crippen molar-refractivity contribution >= 4 is 5.78 Å². The Balaban J connectivity index is 3.77. The molecule has 0 rings (SSSR count). The van der Waals surface area contributed by atoms with E-state index >= 15 is 0 Å². The van der Waals surface area contributed by atoms with Crippen molar-refractivity contribution in [2.75, 3.05) is 7.11 Å². The summed E-state index contributed by atoms with van der Waals surface area (Å²) in [6.07, 6.45) is 1.97. The Morgan fingerprint density at radius 1 is 1.55 bits per heavy atom. The summed E-state index contributed by atoms with van der Waals surface area (Å²) in [6.45, 7) is 5.68. The molecule has 0 radical (unpaired) electrons. The lowest BCUT2D eigenvalue weighted by molar-refractivity contribution is -0.121. The molecular formula is C9H18O2. The van der Waals surface area contributed by atoms with Crippen molar-refractivity contribution in [3.63, 3.8) is 0 Å². The minimum atomic E-state index is 0.185. The highest BCUT2D eigenvalue weighted by atomic mass is 16.5. The van der Waals surface area contributed by atoms with Crippen molar-refractivity contribution in [2.24, 2.45) is 5.92 Å². The molecule has 0 aliphatic heterocycles. The van der Waals surface area contributed by atoms with Crippen LogP contribution in [0.3, 0.4) is 0 Å². The van der Waals surface area contributed by atoms with E-state index < -0.39 is 0 Å². The molecule has 0 fully saturated rings. The van der Waals surface area contributed by atoms with Gasteiger partial charge in [-0.25, -0.2) is 0 Å². The number of hydrogen-bond donors (Lipinski definition) is 0. The summed E-state index contributed by atoms with van der Waals surface area (Å²) in [5.41, 5.74) is 0. The standard InChI is InChI=1S/C9H18O2/c1-5-9(8(3)10)6-7(2)11-4/h7,9H,5-6H2,1-4H3. The Hall–Kier alpha value is -0.370. The Morgan fingerprint density at radius 3 is 2.36 bits per heavy atom. The van der Waals surface area contributed by atoms with E-state index in [9.17, 15) is 4.79 Å². The molecule has 0 spiro atoms. The fourth-order valence-electron chi connectivity index (χ4n) is 1.12. The molecule has 2 unspecified atom stereocenters. The fourth-order valence-corrected chi connectivity index (χ4v) is 1.12. The highest BCUT2D eigenvalue weighted by Crippen LogP contribution is 2.13. The van der Waals surface area contributed by atoms with E-state index in [1.807, 2.05) is 13.8 Å². The second-order valence-electron chi connectivity index (χ2n) is 3.00. The summed E-state index contributed by atoms with van der Waals surface area (Å²) < 4.78 is 5.08. The Morgan fingerprint density at radius 2 is 2.09 bits per heavy atom. The van der Waals surface area contributed by atoms with E-state index in [0.717, 1.165) is 12.8 Å². The van der Waals surface area contributed by atoms with Gasteiger partial charge in [0.25, 0.3) is 0 Å². The lowest BCUT2D eigenvalue weighted by atomic mass is 9.96. The fraction of sp³-hybridized carbons (Fsp3) is 0.889. The number of ether oxygens (including phenoxy) is 1. The predicted molar refractivity (Wildman–Crippen MR) is 45.6 cm³/mol. The van der Waals surface area contributed by atoms with Crippen molar-refractivity contribution in [1.82, 2.24) is 0 Å². The number of carbonyl (C=O) groups is 1. The van der Waals surface area contributed by atoms with Gasteiger partial charge >= 0.3 is 0 Å². The molecule has 0 aliphatic rings. The molecule has 0 saturated carbocycles. The van der Waals surface area contributed by atoms with E-state index in [1.54, 1.807) is 14.0 Å². The summed E-state index contributed by atoms with van der Waals surface area (Å²) in [4.78, 5) is 11.0. The summed E-state index contributed by atoms with van der Waals surface area (Å²) in [7, 11) is 1.68. The van der Waals surface area contributed by atoms with Crippen LogP contribution in [0.5, 0.6) is 0 Å². The zero-order chi connectivity index (χ0) is 8.85. The zero-order valence-corrected chi connectivity index (χ0v) is 7.89. The van der Waals surface area contributed by atoms with Crippen LogP contribution in [0.2, 0.25) is 0 Å². The maximum atomic E-state index is 11.0. The smallest absolute Gasteiger partial charge is 0.132 e. The molecule has 2 atom stereocenters. The van der Waals surface area contributed by atoms with Crippen molar-refractivity contribution in [3.05, 3.63) is 0 Å². The van der Waals surface area contributed by atoms with Crippen LogP contribution in [0.4, 0.5) is 0 Å². The van der Waals surface area contributed by atoms with Crippen LogP contribution in [0.25, 0.3) is 0 Å². The van der Waals surface area contributed by atoms with E-state index in [-0.39, 0.29) is 17.8 Å². The maximum absolute atomic E-state index is 11.0. The summed E-state index contributed by atoms with van der Waals surface area (Å²) in [5, 5.41) is 0. The molecule has 0 aromatic carbocycles. The van der Waals surface area contributed by atoms with Crippen LogP contribution in [0, 0.1) is 5.92 Å². The lowest BCUT2D eigenvalue weighted by Crippen LogP contribution is -2.17. The Bertz CT molecular complexity index is 121. The van der Waals surface area contributed by atoms with Crippen LogP contribution in [0.15, 0.2) is 0 Å². The van der Waals surface area contributed by atoms with Gasteiger partial charge < -0.3 is 4.74 Å². The van der Waals surface area contributed by atoms with Gasteiger partial charge in [-0.15, -0.1) is 0 Å². The molecule has 0 aromatic rings. The van der Waals surface area contributed by atoms with E-state index in [0.29, 0.717) is 0 Å². The third-order valence-corrected chi connectivity index (χ3v) is 2.09. The highest BCUT2D eigenvalue weighted by molar-refractivity contribution is 5.78. The second kappa shape index (κ2) is 5.30. The van der Waals surface area contributed by atoms with Gasteiger partial charge in [-0.3, -0.25) is 4.79 Å². The van der Waals surface area contributed by atoms with Crippen molar-refractivity contribution in [2.45, 2.75) is 39.7 Å². The number of methoxy groups -OCH3 is 1. The molecule has 0 amide bonds. The highest BCUT2D eigenvalue weighted by Gasteiger charge is 2.14. The molecule has 0 heterocycles. The van der Waals surface area contributed by atoms with Crippen molar-refractivity contribution < 1.29 is 9.53 Å². The molecule has 0 saturated heterocycles. The average Bonchev–Trinajstić information content (AvgIpc) is 1.99. The first-order valence-electron chi connectivity index (χ1n) is 4.15. The Labute approximate surface area is 68.9 Å². The molecule has 0 aliphatic carbocycles. The molecule has 11 heavy (non-hydrogen) atoms. The van der Waals surface area contributed by atoms with Gasteiger partial charge in [-0.1, -0.05) is 6.92 Å². The SMILES string of the molecule is CCC(CC(C)OC)C(C)=O. The number of carbonyl (C=O) groups excluding carboxylic acids is 1.